The number of hydrogen-bond acceptors (Lipinski definition) is 4. The number of nitrogens with one attached hydrogen (secondary N) is 1. The molecule has 0 unspecified atom stereocenters. The summed E-state index contributed by atoms with van der Waals surface area (Å²) in [4.78, 5) is 22.0. The zero-order valence-electron chi connectivity index (χ0n) is 11.7. The van der Waals surface area contributed by atoms with E-state index in [0.29, 0.717) is 5.56 Å². The van der Waals surface area contributed by atoms with Crippen molar-refractivity contribution in [2.45, 2.75) is 12.8 Å². The van der Waals surface area contributed by atoms with Gasteiger partial charge in [-0.15, -0.1) is 0 Å². The molecule has 0 radical (unpaired) electrons. The summed E-state index contributed by atoms with van der Waals surface area (Å²) in [6.45, 7) is 0. The number of carbonyl (C=O) groups excluding carboxylic acids is 1. The fourth-order valence-corrected chi connectivity index (χ4v) is 2.41. The van der Waals surface area contributed by atoms with Crippen molar-refractivity contribution in [1.82, 2.24) is 5.43 Å². The monoisotopic (exact) mass is 295 g/mol. The molecule has 0 saturated carbocycles. The van der Waals surface area contributed by atoms with Crippen LogP contribution < -0.4 is 5.43 Å². The highest BCUT2D eigenvalue weighted by Crippen LogP contribution is 2.19. The van der Waals surface area contributed by atoms with Crippen LogP contribution in [0.4, 0.5) is 5.69 Å². The van der Waals surface area contributed by atoms with Gasteiger partial charge in [-0.25, -0.2) is 5.43 Å². The summed E-state index contributed by atoms with van der Waals surface area (Å²) >= 11 is 0. The Balaban J connectivity index is 1.66. The number of carbonyl (C=O) groups is 1. The molecule has 1 aliphatic carbocycles. The minimum absolute atomic E-state index is 0.0471. The van der Waals surface area contributed by atoms with Gasteiger partial charge in [0.05, 0.1) is 4.92 Å². The summed E-state index contributed by atoms with van der Waals surface area (Å²) in [6, 6.07) is 13.5. The second kappa shape index (κ2) is 5.77. The van der Waals surface area contributed by atoms with Gasteiger partial charge in [-0.05, 0) is 23.3 Å². The molecule has 0 heterocycles. The summed E-state index contributed by atoms with van der Waals surface area (Å²) in [7, 11) is 0. The summed E-state index contributed by atoms with van der Waals surface area (Å²) < 4.78 is 0. The number of nitro groups is 1. The van der Waals surface area contributed by atoms with Gasteiger partial charge in [-0.3, -0.25) is 14.9 Å². The van der Waals surface area contributed by atoms with E-state index in [0.717, 1.165) is 18.6 Å². The lowest BCUT2D eigenvalue weighted by atomic mass is 10.1. The first kappa shape index (κ1) is 13.9. The second-order valence-electron chi connectivity index (χ2n) is 5.05. The molecule has 1 aliphatic rings. The molecule has 6 heteroatoms. The number of benzene rings is 2. The highest BCUT2D eigenvalue weighted by molar-refractivity contribution is 5.97. The average Bonchev–Trinajstić information content (AvgIpc) is 2.95. The molecule has 0 spiro atoms. The van der Waals surface area contributed by atoms with Crippen LogP contribution in [0.5, 0.6) is 0 Å². The standard InChI is InChI=1S/C16H13N3O3/c20-16(11-5-7-15(8-6-11)19(21)22)18-17-14-9-12-3-1-2-4-13(12)10-14/h1-8H,9-10H2,(H,18,20). The van der Waals surface area contributed by atoms with Gasteiger partial charge in [0.25, 0.3) is 11.6 Å². The fourth-order valence-electron chi connectivity index (χ4n) is 2.41. The third-order valence-electron chi connectivity index (χ3n) is 3.56. The summed E-state index contributed by atoms with van der Waals surface area (Å²) in [5.41, 5.74) is 6.15. The van der Waals surface area contributed by atoms with Crippen LogP contribution in [-0.4, -0.2) is 16.5 Å². The van der Waals surface area contributed by atoms with E-state index in [1.807, 2.05) is 12.1 Å². The molecule has 2 aromatic carbocycles. The van der Waals surface area contributed by atoms with Crippen LogP contribution in [0.2, 0.25) is 0 Å². The van der Waals surface area contributed by atoms with E-state index in [2.05, 4.69) is 22.7 Å². The molecule has 0 atom stereocenters. The van der Waals surface area contributed by atoms with Crippen molar-refractivity contribution in [3.63, 3.8) is 0 Å². The van der Waals surface area contributed by atoms with Crippen LogP contribution in [0, 0.1) is 10.1 Å². The average molecular weight is 295 g/mol. The van der Waals surface area contributed by atoms with Gasteiger partial charge >= 0.3 is 0 Å². The molecule has 0 bridgehead atoms. The Morgan fingerprint density at radius 2 is 1.64 bits per heavy atom. The smallest absolute Gasteiger partial charge is 0.267 e. The Hall–Kier alpha value is -3.02. The lowest BCUT2D eigenvalue weighted by molar-refractivity contribution is -0.384. The van der Waals surface area contributed by atoms with Gasteiger partial charge < -0.3 is 0 Å². The minimum atomic E-state index is -0.502. The topological polar surface area (TPSA) is 84.6 Å². The maximum atomic E-state index is 12.0. The quantitative estimate of drug-likeness (QED) is 0.697. The third-order valence-corrected chi connectivity index (χ3v) is 3.56. The van der Waals surface area contributed by atoms with Crippen LogP contribution in [0.3, 0.4) is 0 Å². The van der Waals surface area contributed by atoms with Gasteiger partial charge in [-0.1, -0.05) is 24.3 Å². The summed E-state index contributed by atoms with van der Waals surface area (Å²) in [5.74, 6) is -0.377. The van der Waals surface area contributed by atoms with E-state index in [4.69, 9.17) is 0 Å². The molecule has 0 aliphatic heterocycles. The van der Waals surface area contributed by atoms with E-state index in [1.54, 1.807) is 0 Å². The predicted octanol–water partition coefficient (Wildman–Crippen LogP) is 2.48. The molecule has 1 amide bonds. The highest BCUT2D eigenvalue weighted by Gasteiger charge is 2.16. The van der Waals surface area contributed by atoms with Crippen molar-refractivity contribution in [2.75, 3.05) is 0 Å². The molecule has 3 rings (SSSR count). The first-order valence-electron chi connectivity index (χ1n) is 6.80. The van der Waals surface area contributed by atoms with Crippen LogP contribution in [0.25, 0.3) is 0 Å². The molecule has 1 N–H and O–H groups in total. The van der Waals surface area contributed by atoms with Crippen molar-refractivity contribution in [3.05, 3.63) is 75.3 Å². The predicted molar refractivity (Wildman–Crippen MR) is 81.8 cm³/mol. The Morgan fingerprint density at radius 3 is 2.18 bits per heavy atom. The molecule has 110 valence electrons. The van der Waals surface area contributed by atoms with E-state index in [1.165, 1.54) is 35.4 Å². The number of hydrazone groups is 1. The van der Waals surface area contributed by atoms with Crippen molar-refractivity contribution in [1.29, 1.82) is 0 Å². The molecule has 0 fully saturated rings. The molecular weight excluding hydrogens is 282 g/mol. The van der Waals surface area contributed by atoms with Gasteiger partial charge in [0.15, 0.2) is 0 Å². The molecule has 22 heavy (non-hydrogen) atoms. The minimum Gasteiger partial charge on any atom is -0.267 e. The maximum Gasteiger partial charge on any atom is 0.271 e. The van der Waals surface area contributed by atoms with E-state index in [9.17, 15) is 14.9 Å². The number of hydrogen-bond donors (Lipinski definition) is 1. The number of fused-ring (bicyclic) bond motifs is 1. The van der Waals surface area contributed by atoms with Crippen LogP contribution in [0.15, 0.2) is 53.6 Å². The van der Waals surface area contributed by atoms with E-state index < -0.39 is 4.92 Å². The normalized spacial score (nSPS) is 12.6. The van der Waals surface area contributed by atoms with Gasteiger partial charge in [0.2, 0.25) is 0 Å². The summed E-state index contributed by atoms with van der Waals surface area (Å²) in [6.07, 6.45) is 1.47. The maximum absolute atomic E-state index is 12.0. The number of amides is 1. The number of non-ortho nitro benzene ring substituents is 1. The van der Waals surface area contributed by atoms with Crippen molar-refractivity contribution in [3.8, 4) is 0 Å². The van der Waals surface area contributed by atoms with E-state index in [-0.39, 0.29) is 11.6 Å². The number of rotatable bonds is 3. The molecule has 2 aromatic rings. The van der Waals surface area contributed by atoms with Gasteiger partial charge in [0.1, 0.15) is 0 Å². The molecule has 0 aromatic heterocycles. The first-order chi connectivity index (χ1) is 10.6. The largest absolute Gasteiger partial charge is 0.271 e. The third kappa shape index (κ3) is 2.85. The Morgan fingerprint density at radius 1 is 1.05 bits per heavy atom. The van der Waals surface area contributed by atoms with Crippen LogP contribution in [0.1, 0.15) is 21.5 Å². The summed E-state index contributed by atoms with van der Waals surface area (Å²) in [5, 5.41) is 14.7. The zero-order valence-corrected chi connectivity index (χ0v) is 11.7. The van der Waals surface area contributed by atoms with Gasteiger partial charge in [-0.2, -0.15) is 5.10 Å². The number of nitro benzene ring substituents is 1. The number of nitrogens with zero attached hydrogens (tertiary/aromatic N) is 2. The van der Waals surface area contributed by atoms with Crippen molar-refractivity contribution >= 4 is 17.3 Å². The lowest BCUT2D eigenvalue weighted by Crippen LogP contribution is -2.19. The Bertz CT molecular complexity index is 739. The fraction of sp³-hybridized carbons (Fsp3) is 0.125. The highest BCUT2D eigenvalue weighted by atomic mass is 16.6. The Kier molecular flexibility index (Phi) is 3.65. The van der Waals surface area contributed by atoms with Gasteiger partial charge in [0, 0.05) is 36.2 Å². The Labute approximate surface area is 126 Å². The SMILES string of the molecule is O=C(NN=C1Cc2ccccc2C1)c1ccc([N+](=O)[O-])cc1. The van der Waals surface area contributed by atoms with E-state index >= 15 is 0 Å². The molecule has 6 nitrogen and oxygen atoms in total. The molecular formula is C16H13N3O3. The molecule has 0 saturated heterocycles. The second-order valence-corrected chi connectivity index (χ2v) is 5.05. The zero-order chi connectivity index (χ0) is 15.5. The lowest BCUT2D eigenvalue weighted by Gasteiger charge is -2.01. The van der Waals surface area contributed by atoms with Crippen LogP contribution >= 0.6 is 0 Å². The van der Waals surface area contributed by atoms with Crippen molar-refractivity contribution in [2.24, 2.45) is 5.10 Å². The first-order valence-corrected chi connectivity index (χ1v) is 6.80. The van der Waals surface area contributed by atoms with Crippen LogP contribution in [-0.2, 0) is 12.8 Å². The van der Waals surface area contributed by atoms with Crippen molar-refractivity contribution < 1.29 is 9.72 Å².